The van der Waals surface area contributed by atoms with E-state index in [1.807, 2.05) is 34.0 Å². The fraction of sp³-hybridized carbons (Fsp3) is 0.450. The molecule has 0 aromatic carbocycles. The molecular weight excluding hydrogens is 771 g/mol. The van der Waals surface area contributed by atoms with Crippen LogP contribution in [0.3, 0.4) is 0 Å². The zero-order chi connectivity index (χ0) is 32.8. The first kappa shape index (κ1) is 44.8. The van der Waals surface area contributed by atoms with E-state index in [1.54, 1.807) is 21.1 Å². The number of thiophene rings is 4. The molecule has 47 heavy (non-hydrogen) atoms. The third-order valence-corrected chi connectivity index (χ3v) is 12.7. The second-order valence-electron chi connectivity index (χ2n) is 12.7. The molecule has 0 radical (unpaired) electrons. The van der Waals surface area contributed by atoms with Crippen LogP contribution in [0.1, 0.15) is 112 Å². The molecule has 7 heteroatoms. The van der Waals surface area contributed by atoms with E-state index in [0.29, 0.717) is 0 Å². The molecule has 0 spiro atoms. The topological polar surface area (TPSA) is 0 Å². The summed E-state index contributed by atoms with van der Waals surface area (Å²) in [5.74, 6) is 3.69. The summed E-state index contributed by atoms with van der Waals surface area (Å²) >= 11 is 6.81. The number of hydrogen-bond donors (Lipinski definition) is 0. The summed E-state index contributed by atoms with van der Waals surface area (Å²) in [6.45, 7) is 15.6. The molecule has 4 aromatic heterocycles. The summed E-state index contributed by atoms with van der Waals surface area (Å²) < 4.78 is 0. The van der Waals surface area contributed by atoms with Gasteiger partial charge in [-0.05, 0) is 144 Å². The molecule has 0 saturated heterocycles. The van der Waals surface area contributed by atoms with Gasteiger partial charge in [0.15, 0.2) is 0 Å². The van der Waals surface area contributed by atoms with Crippen LogP contribution in [0.4, 0.5) is 0 Å². The van der Waals surface area contributed by atoms with E-state index < -0.39 is 20.8 Å². The van der Waals surface area contributed by atoms with E-state index in [1.165, 1.54) is 74.1 Å². The van der Waals surface area contributed by atoms with E-state index >= 15 is 0 Å². The van der Waals surface area contributed by atoms with E-state index in [9.17, 15) is 0 Å². The molecule has 3 aliphatic rings. The van der Waals surface area contributed by atoms with Gasteiger partial charge in [-0.3, -0.25) is 0 Å². The van der Waals surface area contributed by atoms with Crippen LogP contribution in [0.15, 0.2) is 71.6 Å². The first-order valence-corrected chi connectivity index (χ1v) is 25.8. The molecule has 0 amide bonds. The van der Waals surface area contributed by atoms with Gasteiger partial charge in [-0.15, -0.1) is 45.3 Å². The monoisotopic (exact) mass is 824 g/mol. The van der Waals surface area contributed by atoms with Crippen LogP contribution < -0.4 is 0 Å². The molecule has 0 aliphatic heterocycles. The molecule has 0 N–H and O–H groups in total. The molecule has 2 fully saturated rings. The molecule has 4 aromatic rings. The van der Waals surface area contributed by atoms with Crippen LogP contribution in [0.2, 0.25) is 0 Å². The van der Waals surface area contributed by atoms with E-state index in [-0.39, 0.29) is 14.9 Å². The van der Waals surface area contributed by atoms with Gasteiger partial charge < -0.3 is 14.9 Å². The third-order valence-electron chi connectivity index (χ3n) is 8.48. The molecule has 4 unspecified atom stereocenters. The van der Waals surface area contributed by atoms with Crippen LogP contribution in [0.25, 0.3) is 5.57 Å². The maximum absolute atomic E-state index is 4.93. The van der Waals surface area contributed by atoms with Gasteiger partial charge in [-0.1, -0.05) is 50.5 Å². The van der Waals surface area contributed by atoms with Gasteiger partial charge in [-0.2, -0.15) is 0 Å². The summed E-state index contributed by atoms with van der Waals surface area (Å²) in [6, 6.07) is 17.7. The summed E-state index contributed by atoms with van der Waals surface area (Å²) in [5, 5.41) is 2.08. The van der Waals surface area contributed by atoms with E-state index in [2.05, 4.69) is 115 Å². The Balaban J connectivity index is 0.000000307. The van der Waals surface area contributed by atoms with Crippen molar-refractivity contribution in [2.45, 2.75) is 105 Å². The second kappa shape index (κ2) is 24.0. The van der Waals surface area contributed by atoms with Gasteiger partial charge in [0.2, 0.25) is 0 Å². The Bertz CT molecular complexity index is 1390. The minimum atomic E-state index is -0.826. The first-order chi connectivity index (χ1) is 21.6. The Hall–Kier alpha value is -0.257. The van der Waals surface area contributed by atoms with Crippen molar-refractivity contribution in [3.8, 4) is 0 Å². The maximum atomic E-state index is 4.93. The predicted molar refractivity (Wildman–Crippen MR) is 219 cm³/mol. The normalized spacial score (nSPS) is 20.5. The van der Waals surface area contributed by atoms with Crippen molar-refractivity contribution < 1.29 is 20.8 Å². The molecule has 2 saturated carbocycles. The quantitative estimate of drug-likeness (QED) is 0.181. The fourth-order valence-corrected chi connectivity index (χ4v) is 9.54. The van der Waals surface area contributed by atoms with Gasteiger partial charge in [0.1, 0.15) is 0 Å². The second-order valence-corrected chi connectivity index (χ2v) is 21.5. The van der Waals surface area contributed by atoms with Crippen molar-refractivity contribution in [3.63, 3.8) is 0 Å². The Morgan fingerprint density at radius 2 is 1.11 bits per heavy atom. The number of rotatable bonds is 3. The van der Waals surface area contributed by atoms with Gasteiger partial charge >= 0.3 is 37.9 Å². The molecule has 0 bridgehead atoms. The summed E-state index contributed by atoms with van der Waals surface area (Å²) in [6.07, 6.45) is 14.1. The molecule has 4 heterocycles. The predicted octanol–water partition coefficient (Wildman–Crippen LogP) is 16.0. The summed E-state index contributed by atoms with van der Waals surface area (Å²) in [5.41, 5.74) is 2.95. The van der Waals surface area contributed by atoms with Crippen molar-refractivity contribution >= 4 is 67.9 Å². The Labute approximate surface area is 323 Å². The molecule has 258 valence electrons. The molecule has 0 nitrogen and oxygen atoms in total. The van der Waals surface area contributed by atoms with Gasteiger partial charge in [0, 0.05) is 34.1 Å². The standard InChI is InChI=1S/2C11H16S.C11H12S.C5H6S.2CH3.2ClH.Zr/c3*1-8-3-5-10(7-8)11-6-4-9(2)12-11;1-5-3-2-4-6-5;;;;;/h2*4,6,8,10H,3,5,7H2,1-2H3;3-6H,7H2,1-2H3;2-4H,1H3;2*1H3;2*1H;/q;;;;2*-1;;;+4/p-2. The number of hydrogen-bond acceptors (Lipinski definition) is 4. The van der Waals surface area contributed by atoms with Crippen LogP contribution >= 0.6 is 62.4 Å². The van der Waals surface area contributed by atoms with Crippen molar-refractivity contribution in [2.24, 2.45) is 11.8 Å². The van der Waals surface area contributed by atoms with Crippen molar-refractivity contribution in [2.75, 3.05) is 0 Å². The van der Waals surface area contributed by atoms with Crippen LogP contribution in [-0.4, -0.2) is 0 Å². The Morgan fingerprint density at radius 3 is 1.38 bits per heavy atom. The van der Waals surface area contributed by atoms with Crippen LogP contribution in [-0.2, 0) is 20.8 Å². The fourth-order valence-electron chi connectivity index (χ4n) is 6.07. The Kier molecular flexibility index (Phi) is 22.9. The molecule has 4 atom stereocenters. The number of allylic oxidation sites excluding steroid dienone is 4. The van der Waals surface area contributed by atoms with Crippen molar-refractivity contribution in [3.05, 3.63) is 121 Å². The van der Waals surface area contributed by atoms with Crippen LogP contribution in [0, 0.1) is 54.4 Å². The minimum absolute atomic E-state index is 0. The molecular formula is C40H56Cl2S4Zr. The zero-order valence-corrected chi connectivity index (χ0v) is 37.2. The van der Waals surface area contributed by atoms with Crippen molar-refractivity contribution in [1.82, 2.24) is 0 Å². The number of aryl methyl sites for hydroxylation is 4. The van der Waals surface area contributed by atoms with E-state index in [4.69, 9.17) is 17.0 Å². The van der Waals surface area contributed by atoms with Crippen LogP contribution in [0.5, 0.6) is 0 Å². The molecule has 3 aliphatic carbocycles. The first-order valence-electron chi connectivity index (χ1n) is 16.1. The van der Waals surface area contributed by atoms with Gasteiger partial charge in [0.25, 0.3) is 0 Å². The Morgan fingerprint density at radius 1 is 0.617 bits per heavy atom. The molecule has 7 rings (SSSR count). The summed E-state index contributed by atoms with van der Waals surface area (Å²) in [7, 11) is 9.87. The number of halogens is 2. The average molecular weight is 827 g/mol. The average Bonchev–Trinajstić information content (AvgIpc) is 3.82. The SMILES string of the molecule is CC1=CC=C(c2ccc(C)s2)C1.Cc1ccc(C2CCC(C)C2)s1.Cc1ccc(C2CCC(C)C2)s1.Cc1cccs1.[CH3-].[CH3-].[Cl][Zr+2][Cl]. The zero-order valence-electron chi connectivity index (χ0n) is 30.0. The van der Waals surface area contributed by atoms with Gasteiger partial charge in [0.05, 0.1) is 0 Å². The third kappa shape index (κ3) is 16.5. The van der Waals surface area contributed by atoms with Crippen molar-refractivity contribution in [1.29, 1.82) is 0 Å². The van der Waals surface area contributed by atoms with Gasteiger partial charge in [-0.25, -0.2) is 0 Å². The summed E-state index contributed by atoms with van der Waals surface area (Å²) in [4.78, 5) is 10.4. The van der Waals surface area contributed by atoms with E-state index in [0.717, 1.165) is 30.1 Å².